The molecule has 2 N–H and O–H groups in total. The van der Waals surface area contributed by atoms with Gasteiger partial charge in [-0.15, -0.1) is 0 Å². The van der Waals surface area contributed by atoms with Crippen LogP contribution in [0.15, 0.2) is 24.3 Å². The van der Waals surface area contributed by atoms with E-state index in [0.29, 0.717) is 5.92 Å². The Hall–Kier alpha value is -1.22. The topological polar surface area (TPSA) is 38.5 Å². The van der Waals surface area contributed by atoms with Crippen LogP contribution in [0.25, 0.3) is 0 Å². The van der Waals surface area contributed by atoms with Gasteiger partial charge in [-0.1, -0.05) is 6.07 Å². The molecule has 1 aromatic carbocycles. The van der Waals surface area contributed by atoms with Crippen LogP contribution in [0.1, 0.15) is 19.3 Å². The Labute approximate surface area is 104 Å². The Morgan fingerprint density at radius 1 is 1.35 bits per heavy atom. The molecule has 1 atom stereocenters. The average molecular weight is 234 g/mol. The number of benzene rings is 1. The van der Waals surface area contributed by atoms with Crippen molar-refractivity contribution < 1.29 is 4.74 Å². The van der Waals surface area contributed by atoms with Crippen molar-refractivity contribution in [3.63, 3.8) is 0 Å². The van der Waals surface area contributed by atoms with Gasteiger partial charge >= 0.3 is 0 Å². The minimum absolute atomic E-state index is 0.700. The van der Waals surface area contributed by atoms with Crippen LogP contribution in [0.5, 0.6) is 5.75 Å². The molecule has 0 aromatic heterocycles. The fourth-order valence-corrected chi connectivity index (χ4v) is 2.47. The zero-order valence-corrected chi connectivity index (χ0v) is 10.6. The number of ether oxygens (including phenoxy) is 1. The zero-order valence-electron chi connectivity index (χ0n) is 10.6. The number of hydrogen-bond acceptors (Lipinski definition) is 3. The van der Waals surface area contributed by atoms with Crippen LogP contribution in [-0.4, -0.2) is 26.7 Å². The summed E-state index contributed by atoms with van der Waals surface area (Å²) in [5.74, 6) is 1.63. The highest BCUT2D eigenvalue weighted by atomic mass is 16.5. The van der Waals surface area contributed by atoms with Gasteiger partial charge < -0.3 is 15.4 Å². The lowest BCUT2D eigenvalue weighted by Crippen LogP contribution is -2.24. The normalized spacial score (nSPS) is 21.1. The van der Waals surface area contributed by atoms with Gasteiger partial charge in [-0.3, -0.25) is 0 Å². The number of nitrogens with two attached hydrogens (primary N) is 1. The van der Waals surface area contributed by atoms with E-state index in [2.05, 4.69) is 23.1 Å². The molecule has 94 valence electrons. The van der Waals surface area contributed by atoms with Crippen LogP contribution >= 0.6 is 0 Å². The number of hydrogen-bond donors (Lipinski definition) is 1. The van der Waals surface area contributed by atoms with Crippen molar-refractivity contribution in [1.82, 2.24) is 0 Å². The van der Waals surface area contributed by atoms with E-state index < -0.39 is 0 Å². The first-order valence-corrected chi connectivity index (χ1v) is 6.42. The summed E-state index contributed by atoms with van der Waals surface area (Å²) in [5, 5.41) is 0. The van der Waals surface area contributed by atoms with Crippen LogP contribution in [0.2, 0.25) is 0 Å². The monoisotopic (exact) mass is 234 g/mol. The van der Waals surface area contributed by atoms with Crippen molar-refractivity contribution in [2.45, 2.75) is 19.3 Å². The van der Waals surface area contributed by atoms with Crippen molar-refractivity contribution in [2.24, 2.45) is 11.7 Å². The molecule has 3 nitrogen and oxygen atoms in total. The predicted molar refractivity (Wildman–Crippen MR) is 71.6 cm³/mol. The number of rotatable bonds is 3. The van der Waals surface area contributed by atoms with Gasteiger partial charge in [0, 0.05) is 24.8 Å². The molecule has 1 aliphatic rings. The molecule has 1 heterocycles. The fourth-order valence-electron chi connectivity index (χ4n) is 2.47. The lowest BCUT2D eigenvalue weighted by molar-refractivity contribution is 0.415. The Morgan fingerprint density at radius 3 is 3.00 bits per heavy atom. The predicted octanol–water partition coefficient (Wildman–Crippen LogP) is 2.26. The molecule has 1 unspecified atom stereocenters. The molecular formula is C14H22N2O. The fraction of sp³-hybridized carbons (Fsp3) is 0.571. The molecule has 1 aliphatic heterocycles. The van der Waals surface area contributed by atoms with Gasteiger partial charge in [-0.2, -0.15) is 0 Å². The highest BCUT2D eigenvalue weighted by molar-refractivity contribution is 5.50. The van der Waals surface area contributed by atoms with Crippen LogP contribution in [-0.2, 0) is 0 Å². The molecule has 2 rings (SSSR count). The summed E-state index contributed by atoms with van der Waals surface area (Å²) in [6.07, 6.45) is 3.70. The highest BCUT2D eigenvalue weighted by Gasteiger charge is 2.16. The molecule has 0 amide bonds. The first-order chi connectivity index (χ1) is 8.33. The first-order valence-electron chi connectivity index (χ1n) is 6.42. The maximum atomic E-state index is 5.76. The van der Waals surface area contributed by atoms with Gasteiger partial charge in [0.2, 0.25) is 0 Å². The summed E-state index contributed by atoms with van der Waals surface area (Å²) in [4.78, 5) is 2.44. The zero-order chi connectivity index (χ0) is 12.1. The third-order valence-electron chi connectivity index (χ3n) is 3.60. The molecule has 17 heavy (non-hydrogen) atoms. The van der Waals surface area contributed by atoms with Crippen molar-refractivity contribution in [1.29, 1.82) is 0 Å². The van der Waals surface area contributed by atoms with Crippen LogP contribution < -0.4 is 15.4 Å². The van der Waals surface area contributed by atoms with E-state index in [0.717, 1.165) is 25.4 Å². The third kappa shape index (κ3) is 3.13. The van der Waals surface area contributed by atoms with E-state index in [1.54, 1.807) is 7.11 Å². The van der Waals surface area contributed by atoms with Gasteiger partial charge in [0.25, 0.3) is 0 Å². The molecule has 0 saturated carbocycles. The summed E-state index contributed by atoms with van der Waals surface area (Å²) in [5.41, 5.74) is 7.03. The van der Waals surface area contributed by atoms with Crippen molar-refractivity contribution in [2.75, 3.05) is 31.6 Å². The lowest BCUT2D eigenvalue weighted by Gasteiger charge is -2.23. The largest absolute Gasteiger partial charge is 0.497 e. The molecule has 0 aliphatic carbocycles. The van der Waals surface area contributed by atoms with Gasteiger partial charge in [0.15, 0.2) is 0 Å². The molecular weight excluding hydrogens is 212 g/mol. The Balaban J connectivity index is 2.05. The van der Waals surface area contributed by atoms with E-state index in [-0.39, 0.29) is 0 Å². The van der Waals surface area contributed by atoms with Gasteiger partial charge in [-0.25, -0.2) is 0 Å². The SMILES string of the molecule is COc1cccc(N2CCCC(CN)CC2)c1. The smallest absolute Gasteiger partial charge is 0.120 e. The summed E-state index contributed by atoms with van der Waals surface area (Å²) >= 11 is 0. The average Bonchev–Trinajstić information content (AvgIpc) is 2.64. The Morgan fingerprint density at radius 2 is 2.24 bits per heavy atom. The quantitative estimate of drug-likeness (QED) is 0.872. The lowest BCUT2D eigenvalue weighted by atomic mass is 10.0. The summed E-state index contributed by atoms with van der Waals surface area (Å²) in [6.45, 7) is 3.06. The van der Waals surface area contributed by atoms with Gasteiger partial charge in [-0.05, 0) is 43.9 Å². The minimum atomic E-state index is 0.700. The van der Waals surface area contributed by atoms with E-state index in [1.165, 1.54) is 24.9 Å². The summed E-state index contributed by atoms with van der Waals surface area (Å²) < 4.78 is 5.27. The Bertz CT molecular complexity index is 354. The third-order valence-corrected chi connectivity index (χ3v) is 3.60. The van der Waals surface area contributed by atoms with E-state index in [4.69, 9.17) is 10.5 Å². The first kappa shape index (κ1) is 12.2. The molecule has 0 spiro atoms. The van der Waals surface area contributed by atoms with Gasteiger partial charge in [0.1, 0.15) is 5.75 Å². The number of methoxy groups -OCH3 is 1. The number of nitrogens with zero attached hydrogens (tertiary/aromatic N) is 1. The van der Waals surface area contributed by atoms with Gasteiger partial charge in [0.05, 0.1) is 7.11 Å². The molecule has 1 fully saturated rings. The van der Waals surface area contributed by atoms with E-state index in [1.807, 2.05) is 6.07 Å². The summed E-state index contributed by atoms with van der Waals surface area (Å²) in [7, 11) is 1.71. The molecule has 1 saturated heterocycles. The maximum absolute atomic E-state index is 5.76. The molecule has 1 aromatic rings. The highest BCUT2D eigenvalue weighted by Crippen LogP contribution is 2.25. The summed E-state index contributed by atoms with van der Waals surface area (Å²) in [6, 6.07) is 8.32. The van der Waals surface area contributed by atoms with Crippen molar-refractivity contribution in [3.05, 3.63) is 24.3 Å². The second-order valence-electron chi connectivity index (χ2n) is 4.72. The Kier molecular flexibility index (Phi) is 4.26. The van der Waals surface area contributed by atoms with Crippen LogP contribution in [0.3, 0.4) is 0 Å². The second-order valence-corrected chi connectivity index (χ2v) is 4.72. The van der Waals surface area contributed by atoms with Crippen LogP contribution in [0.4, 0.5) is 5.69 Å². The maximum Gasteiger partial charge on any atom is 0.120 e. The minimum Gasteiger partial charge on any atom is -0.497 e. The molecule has 0 radical (unpaired) electrons. The van der Waals surface area contributed by atoms with Crippen LogP contribution in [0, 0.1) is 5.92 Å². The van der Waals surface area contributed by atoms with Crippen molar-refractivity contribution in [3.8, 4) is 5.75 Å². The van der Waals surface area contributed by atoms with Crippen molar-refractivity contribution >= 4 is 5.69 Å². The molecule has 0 bridgehead atoms. The molecule has 3 heteroatoms. The second kappa shape index (κ2) is 5.92. The number of anilines is 1. The standard InChI is InChI=1S/C14H22N2O/c1-17-14-6-2-5-13(10-14)16-8-3-4-12(11-15)7-9-16/h2,5-6,10,12H,3-4,7-9,11,15H2,1H3. The van der Waals surface area contributed by atoms with E-state index >= 15 is 0 Å². The van der Waals surface area contributed by atoms with E-state index in [9.17, 15) is 0 Å².